The molecule has 0 bridgehead atoms. The number of ether oxygens (including phenoxy) is 1. The van der Waals surface area contributed by atoms with Crippen LogP contribution in [0.25, 0.3) is 0 Å². The summed E-state index contributed by atoms with van der Waals surface area (Å²) in [5.41, 5.74) is 1.37. The van der Waals surface area contributed by atoms with Gasteiger partial charge in [-0.3, -0.25) is 4.79 Å². The smallest absolute Gasteiger partial charge is 0.335 e. The Morgan fingerprint density at radius 1 is 1.25 bits per heavy atom. The number of carbonyl (C=O) groups excluding carboxylic acids is 1. The van der Waals surface area contributed by atoms with E-state index in [1.54, 1.807) is 29.2 Å². The number of methoxy groups -OCH3 is 1. The molecule has 1 N–H and O–H groups in total. The van der Waals surface area contributed by atoms with Crippen LogP contribution in [0.2, 0.25) is 0 Å². The Kier molecular flexibility index (Phi) is 4.55. The standard InChI is InChI=1S/C18H19NO5/c1-23-16-7-6-15(24-16)17(20)19-9-8-13(11-19)10-12-2-4-14(5-3-12)18(21)22/h2-7,13H,8-11H2,1H3,(H,21,22). The molecule has 0 spiro atoms. The van der Waals surface area contributed by atoms with E-state index in [2.05, 4.69) is 0 Å². The van der Waals surface area contributed by atoms with E-state index in [9.17, 15) is 9.59 Å². The van der Waals surface area contributed by atoms with Gasteiger partial charge in [-0.1, -0.05) is 12.1 Å². The number of hydrogen-bond acceptors (Lipinski definition) is 4. The van der Waals surface area contributed by atoms with Gasteiger partial charge in [0.2, 0.25) is 0 Å². The van der Waals surface area contributed by atoms with Crippen molar-refractivity contribution in [2.24, 2.45) is 5.92 Å². The molecule has 1 saturated heterocycles. The second-order valence-electron chi connectivity index (χ2n) is 5.93. The summed E-state index contributed by atoms with van der Waals surface area (Å²) >= 11 is 0. The molecule has 126 valence electrons. The van der Waals surface area contributed by atoms with Crippen LogP contribution in [0.5, 0.6) is 5.95 Å². The Labute approximate surface area is 139 Å². The highest BCUT2D eigenvalue weighted by Crippen LogP contribution is 2.24. The maximum Gasteiger partial charge on any atom is 0.335 e. The van der Waals surface area contributed by atoms with E-state index >= 15 is 0 Å². The van der Waals surface area contributed by atoms with Gasteiger partial charge in [0.25, 0.3) is 11.9 Å². The van der Waals surface area contributed by atoms with Gasteiger partial charge in [-0.25, -0.2) is 4.79 Å². The van der Waals surface area contributed by atoms with Crippen LogP contribution in [0.4, 0.5) is 0 Å². The molecule has 1 aromatic carbocycles. The van der Waals surface area contributed by atoms with Gasteiger partial charge >= 0.3 is 5.97 Å². The normalized spacial score (nSPS) is 17.0. The maximum atomic E-state index is 12.4. The predicted octanol–water partition coefficient (Wildman–Crippen LogP) is 2.69. The first-order valence-electron chi connectivity index (χ1n) is 7.82. The van der Waals surface area contributed by atoms with E-state index in [4.69, 9.17) is 14.3 Å². The number of furan rings is 1. The number of carbonyl (C=O) groups is 2. The van der Waals surface area contributed by atoms with Crippen LogP contribution in [0.3, 0.4) is 0 Å². The number of amides is 1. The summed E-state index contributed by atoms with van der Waals surface area (Å²) in [6.07, 6.45) is 1.75. The summed E-state index contributed by atoms with van der Waals surface area (Å²) in [6.45, 7) is 1.36. The molecule has 1 atom stereocenters. The molecule has 0 radical (unpaired) electrons. The molecule has 0 saturated carbocycles. The zero-order valence-corrected chi connectivity index (χ0v) is 13.4. The van der Waals surface area contributed by atoms with Crippen LogP contribution in [0, 0.1) is 5.92 Å². The molecule has 1 fully saturated rings. The predicted molar refractivity (Wildman–Crippen MR) is 86.4 cm³/mol. The lowest BCUT2D eigenvalue weighted by atomic mass is 9.98. The Morgan fingerprint density at radius 3 is 2.62 bits per heavy atom. The number of nitrogens with zero attached hydrogens (tertiary/aromatic N) is 1. The van der Waals surface area contributed by atoms with Gasteiger partial charge in [0.1, 0.15) is 0 Å². The van der Waals surface area contributed by atoms with Crippen LogP contribution >= 0.6 is 0 Å². The highest BCUT2D eigenvalue weighted by Gasteiger charge is 2.28. The quantitative estimate of drug-likeness (QED) is 0.912. The first kappa shape index (κ1) is 16.1. The van der Waals surface area contributed by atoms with Crippen molar-refractivity contribution in [1.82, 2.24) is 4.90 Å². The number of benzene rings is 1. The van der Waals surface area contributed by atoms with Crippen molar-refractivity contribution in [3.05, 3.63) is 53.3 Å². The van der Waals surface area contributed by atoms with E-state index in [0.717, 1.165) is 18.4 Å². The van der Waals surface area contributed by atoms with Crippen molar-refractivity contribution in [3.63, 3.8) is 0 Å². The molecule has 24 heavy (non-hydrogen) atoms. The van der Waals surface area contributed by atoms with Crippen molar-refractivity contribution >= 4 is 11.9 Å². The summed E-state index contributed by atoms with van der Waals surface area (Å²) < 4.78 is 10.3. The molecule has 1 aliphatic heterocycles. The van der Waals surface area contributed by atoms with Crippen LogP contribution in [-0.4, -0.2) is 42.1 Å². The zero-order valence-electron chi connectivity index (χ0n) is 13.4. The van der Waals surface area contributed by atoms with Gasteiger partial charge in [0.15, 0.2) is 5.76 Å². The minimum absolute atomic E-state index is 0.123. The molecule has 2 aromatic rings. The van der Waals surface area contributed by atoms with E-state index < -0.39 is 5.97 Å². The largest absolute Gasteiger partial charge is 0.478 e. The monoisotopic (exact) mass is 329 g/mol. The van der Waals surface area contributed by atoms with Gasteiger partial charge < -0.3 is 19.2 Å². The number of carboxylic acids is 1. The van der Waals surface area contributed by atoms with Gasteiger partial charge in [0, 0.05) is 19.2 Å². The lowest BCUT2D eigenvalue weighted by Crippen LogP contribution is -2.28. The molecule has 0 aliphatic carbocycles. The highest BCUT2D eigenvalue weighted by atomic mass is 16.6. The fourth-order valence-electron chi connectivity index (χ4n) is 3.00. The van der Waals surface area contributed by atoms with Crippen molar-refractivity contribution < 1.29 is 23.8 Å². The average Bonchev–Trinajstić information content (AvgIpc) is 3.24. The van der Waals surface area contributed by atoms with Crippen molar-refractivity contribution in [2.45, 2.75) is 12.8 Å². The number of hydrogen-bond donors (Lipinski definition) is 1. The molecule has 6 nitrogen and oxygen atoms in total. The fourth-order valence-corrected chi connectivity index (χ4v) is 3.00. The second kappa shape index (κ2) is 6.78. The van der Waals surface area contributed by atoms with E-state index in [-0.39, 0.29) is 11.5 Å². The summed E-state index contributed by atoms with van der Waals surface area (Å²) in [4.78, 5) is 25.1. The molecular formula is C18H19NO5. The number of aromatic carboxylic acids is 1. The minimum Gasteiger partial charge on any atom is -0.478 e. The molecule has 6 heteroatoms. The Bertz CT molecular complexity index is 734. The van der Waals surface area contributed by atoms with Gasteiger partial charge in [0.05, 0.1) is 12.7 Å². The number of likely N-dealkylation sites (tertiary alicyclic amines) is 1. The van der Waals surface area contributed by atoms with Crippen LogP contribution < -0.4 is 4.74 Å². The van der Waals surface area contributed by atoms with Gasteiger partial charge in [-0.2, -0.15) is 0 Å². The summed E-state index contributed by atoms with van der Waals surface area (Å²) in [6, 6.07) is 10.2. The molecule has 1 unspecified atom stereocenters. The fraction of sp³-hybridized carbons (Fsp3) is 0.333. The highest BCUT2D eigenvalue weighted by molar-refractivity contribution is 5.91. The van der Waals surface area contributed by atoms with E-state index in [1.807, 2.05) is 12.1 Å². The van der Waals surface area contributed by atoms with Crippen molar-refractivity contribution in [2.75, 3.05) is 20.2 Å². The third kappa shape index (κ3) is 3.42. The molecular weight excluding hydrogens is 310 g/mol. The Hall–Kier alpha value is -2.76. The summed E-state index contributed by atoms with van der Waals surface area (Å²) in [5.74, 6) is -0.0671. The Morgan fingerprint density at radius 2 is 2.00 bits per heavy atom. The second-order valence-corrected chi connectivity index (χ2v) is 5.93. The first-order chi connectivity index (χ1) is 11.6. The topological polar surface area (TPSA) is 80.0 Å². The lowest BCUT2D eigenvalue weighted by molar-refractivity contribution is 0.0695. The average molecular weight is 329 g/mol. The lowest BCUT2D eigenvalue weighted by Gasteiger charge is -2.15. The SMILES string of the molecule is COc1ccc(C(=O)N2CCC(Cc3ccc(C(=O)O)cc3)C2)o1. The maximum absolute atomic E-state index is 12.4. The summed E-state index contributed by atoms with van der Waals surface area (Å²) in [7, 11) is 1.49. The molecule has 1 aliphatic rings. The summed E-state index contributed by atoms with van der Waals surface area (Å²) in [5, 5.41) is 8.92. The molecule has 3 rings (SSSR count). The van der Waals surface area contributed by atoms with E-state index in [0.29, 0.717) is 30.7 Å². The minimum atomic E-state index is -0.923. The Balaban J connectivity index is 1.58. The van der Waals surface area contributed by atoms with E-state index in [1.165, 1.54) is 7.11 Å². The van der Waals surface area contributed by atoms with Crippen molar-refractivity contribution in [1.29, 1.82) is 0 Å². The van der Waals surface area contributed by atoms with Crippen LogP contribution in [0.1, 0.15) is 32.9 Å². The number of rotatable bonds is 5. The molecule has 1 aromatic heterocycles. The van der Waals surface area contributed by atoms with Gasteiger partial charge in [-0.05, 0) is 42.5 Å². The third-order valence-electron chi connectivity index (χ3n) is 4.29. The molecule has 1 amide bonds. The van der Waals surface area contributed by atoms with Crippen LogP contribution in [-0.2, 0) is 6.42 Å². The number of carboxylic acid groups (broad SMARTS) is 1. The first-order valence-corrected chi connectivity index (χ1v) is 7.82. The van der Waals surface area contributed by atoms with Gasteiger partial charge in [-0.15, -0.1) is 0 Å². The molecule has 2 heterocycles. The van der Waals surface area contributed by atoms with Crippen LogP contribution in [0.15, 0.2) is 40.8 Å². The van der Waals surface area contributed by atoms with Crippen molar-refractivity contribution in [3.8, 4) is 5.95 Å². The third-order valence-corrected chi connectivity index (χ3v) is 4.29. The zero-order chi connectivity index (χ0) is 17.1.